The van der Waals surface area contributed by atoms with Gasteiger partial charge >= 0.3 is 0 Å². The molecule has 8 heteroatoms. The number of hydrogen-bond acceptors (Lipinski definition) is 5. The van der Waals surface area contributed by atoms with Crippen LogP contribution in [0.3, 0.4) is 0 Å². The molecule has 1 fully saturated rings. The second kappa shape index (κ2) is 8.51. The molecule has 0 spiro atoms. The summed E-state index contributed by atoms with van der Waals surface area (Å²) in [7, 11) is 0. The lowest BCUT2D eigenvalue weighted by atomic mass is 10.0. The van der Waals surface area contributed by atoms with Crippen molar-refractivity contribution in [3.8, 4) is 17.1 Å². The van der Waals surface area contributed by atoms with Crippen molar-refractivity contribution in [2.75, 3.05) is 0 Å². The minimum absolute atomic E-state index is 0.280. The van der Waals surface area contributed by atoms with Gasteiger partial charge in [0.2, 0.25) is 0 Å². The number of aliphatic hydroxyl groups excluding tert-OH is 1. The third kappa shape index (κ3) is 4.43. The van der Waals surface area contributed by atoms with E-state index in [4.69, 9.17) is 5.10 Å². The number of hydrogen-bond donors (Lipinski definition) is 1. The maximum atomic E-state index is 13.5. The summed E-state index contributed by atoms with van der Waals surface area (Å²) in [6.07, 6.45) is 3.77. The summed E-state index contributed by atoms with van der Waals surface area (Å²) in [6.45, 7) is 6.40. The number of aromatic nitrogens is 6. The first-order valence-corrected chi connectivity index (χ1v) is 11.2. The lowest BCUT2D eigenvalue weighted by Gasteiger charge is -2.13. The van der Waals surface area contributed by atoms with Crippen molar-refractivity contribution in [2.24, 2.45) is 5.92 Å². The lowest BCUT2D eigenvalue weighted by Crippen LogP contribution is -2.21. The van der Waals surface area contributed by atoms with E-state index in [1.165, 1.54) is 12.1 Å². The van der Waals surface area contributed by atoms with Crippen LogP contribution < -0.4 is 0 Å². The second-order valence-corrected chi connectivity index (χ2v) is 8.90. The monoisotopic (exact) mass is 446 g/mol. The number of aliphatic hydroxyl groups is 1. The highest BCUT2D eigenvalue weighted by atomic mass is 19.1. The van der Waals surface area contributed by atoms with Gasteiger partial charge in [0.05, 0.1) is 29.7 Å². The molecule has 1 unspecified atom stereocenters. The summed E-state index contributed by atoms with van der Waals surface area (Å²) in [6, 6.07) is 10.3. The molecule has 0 aliphatic heterocycles. The van der Waals surface area contributed by atoms with E-state index in [1.807, 2.05) is 42.3 Å². The highest BCUT2D eigenvalue weighted by Crippen LogP contribution is 2.34. The number of aryl methyl sites for hydroxylation is 2. The topological polar surface area (TPSA) is 81.7 Å². The molecule has 3 aromatic heterocycles. The first-order valence-electron chi connectivity index (χ1n) is 11.2. The van der Waals surface area contributed by atoms with Crippen LogP contribution in [0.15, 0.2) is 42.7 Å². The molecule has 1 aromatic carbocycles. The summed E-state index contributed by atoms with van der Waals surface area (Å²) in [5, 5.41) is 20.0. The van der Waals surface area contributed by atoms with Crippen molar-refractivity contribution in [1.29, 1.82) is 0 Å². The Bertz CT molecular complexity index is 1290. The smallest absolute Gasteiger partial charge is 0.157 e. The van der Waals surface area contributed by atoms with Crippen molar-refractivity contribution < 1.29 is 9.50 Å². The molecule has 0 amide bonds. The van der Waals surface area contributed by atoms with E-state index in [2.05, 4.69) is 15.1 Å². The Balaban J connectivity index is 1.51. The SMILES string of the molecule is Cc1cc(C)n(-c2cc(Cc3c(C)c(-c4ccc(F)cc4)nn3CC(O)C3CC3)ncn2)n1. The van der Waals surface area contributed by atoms with E-state index >= 15 is 0 Å². The summed E-state index contributed by atoms with van der Waals surface area (Å²) in [5.41, 5.74) is 6.39. The Hall–Kier alpha value is -3.39. The van der Waals surface area contributed by atoms with Crippen LogP contribution in [0.25, 0.3) is 17.1 Å². The van der Waals surface area contributed by atoms with E-state index in [9.17, 15) is 9.50 Å². The van der Waals surface area contributed by atoms with Gasteiger partial charge in [0.1, 0.15) is 12.1 Å². The number of benzene rings is 1. The quantitative estimate of drug-likeness (QED) is 0.465. The predicted octanol–water partition coefficient (Wildman–Crippen LogP) is 3.95. The van der Waals surface area contributed by atoms with Crippen molar-refractivity contribution >= 4 is 0 Å². The zero-order valence-corrected chi connectivity index (χ0v) is 19.0. The van der Waals surface area contributed by atoms with Gasteiger partial charge in [-0.1, -0.05) is 0 Å². The summed E-state index contributed by atoms with van der Waals surface area (Å²) in [5.74, 6) is 0.775. The molecule has 0 bridgehead atoms. The predicted molar refractivity (Wildman–Crippen MR) is 123 cm³/mol. The molecule has 0 saturated heterocycles. The van der Waals surface area contributed by atoms with Crippen molar-refractivity contribution in [2.45, 2.75) is 52.7 Å². The van der Waals surface area contributed by atoms with Crippen LogP contribution in [0, 0.1) is 32.5 Å². The maximum Gasteiger partial charge on any atom is 0.157 e. The van der Waals surface area contributed by atoms with Gasteiger partial charge < -0.3 is 5.11 Å². The minimum Gasteiger partial charge on any atom is -0.391 e. The highest BCUT2D eigenvalue weighted by Gasteiger charge is 2.31. The molecule has 1 aliphatic carbocycles. The molecule has 5 rings (SSSR count). The van der Waals surface area contributed by atoms with Gasteiger partial charge in [0, 0.05) is 29.4 Å². The fourth-order valence-corrected chi connectivity index (χ4v) is 4.28. The van der Waals surface area contributed by atoms with Crippen LogP contribution in [0.4, 0.5) is 4.39 Å². The Labute approximate surface area is 191 Å². The molecule has 0 radical (unpaired) electrons. The van der Waals surface area contributed by atoms with Crippen molar-refractivity contribution in [3.63, 3.8) is 0 Å². The van der Waals surface area contributed by atoms with Crippen LogP contribution in [0.1, 0.15) is 41.2 Å². The lowest BCUT2D eigenvalue weighted by molar-refractivity contribution is 0.126. The molecule has 1 saturated carbocycles. The molecular weight excluding hydrogens is 419 g/mol. The van der Waals surface area contributed by atoms with Gasteiger partial charge in [0.25, 0.3) is 0 Å². The molecule has 170 valence electrons. The molecule has 1 N–H and O–H groups in total. The summed E-state index contributed by atoms with van der Waals surface area (Å²) >= 11 is 0. The average Bonchev–Trinajstić information content (AvgIpc) is 3.54. The van der Waals surface area contributed by atoms with Crippen LogP contribution >= 0.6 is 0 Å². The third-order valence-electron chi connectivity index (χ3n) is 6.25. The van der Waals surface area contributed by atoms with Gasteiger partial charge in [-0.15, -0.1) is 0 Å². The fourth-order valence-electron chi connectivity index (χ4n) is 4.28. The normalized spacial score (nSPS) is 14.6. The van der Waals surface area contributed by atoms with Crippen LogP contribution in [-0.2, 0) is 13.0 Å². The van der Waals surface area contributed by atoms with Crippen LogP contribution in [0.5, 0.6) is 0 Å². The van der Waals surface area contributed by atoms with Gasteiger partial charge in [-0.05, 0) is 75.4 Å². The first-order chi connectivity index (χ1) is 15.9. The van der Waals surface area contributed by atoms with E-state index in [1.54, 1.807) is 18.5 Å². The third-order valence-corrected chi connectivity index (χ3v) is 6.25. The van der Waals surface area contributed by atoms with Gasteiger partial charge in [-0.25, -0.2) is 19.0 Å². The Morgan fingerprint density at radius 2 is 1.82 bits per heavy atom. The Morgan fingerprint density at radius 1 is 1.06 bits per heavy atom. The highest BCUT2D eigenvalue weighted by molar-refractivity contribution is 5.64. The van der Waals surface area contributed by atoms with Crippen molar-refractivity contribution in [1.82, 2.24) is 29.5 Å². The number of nitrogens with zero attached hydrogens (tertiary/aromatic N) is 6. The summed E-state index contributed by atoms with van der Waals surface area (Å²) in [4.78, 5) is 8.90. The van der Waals surface area contributed by atoms with Crippen LogP contribution in [0.2, 0.25) is 0 Å². The largest absolute Gasteiger partial charge is 0.391 e. The summed E-state index contributed by atoms with van der Waals surface area (Å²) < 4.78 is 17.2. The van der Waals surface area contributed by atoms with E-state index in [-0.39, 0.29) is 5.82 Å². The molecule has 3 heterocycles. The van der Waals surface area contributed by atoms with Crippen molar-refractivity contribution in [3.05, 3.63) is 76.9 Å². The minimum atomic E-state index is -0.431. The number of halogens is 1. The van der Waals surface area contributed by atoms with Gasteiger partial charge in [-0.3, -0.25) is 4.68 Å². The van der Waals surface area contributed by atoms with E-state index < -0.39 is 6.10 Å². The first kappa shape index (κ1) is 21.5. The molecule has 33 heavy (non-hydrogen) atoms. The van der Waals surface area contributed by atoms with Gasteiger partial charge in [-0.2, -0.15) is 10.2 Å². The fraction of sp³-hybridized carbons (Fsp3) is 0.360. The zero-order valence-electron chi connectivity index (χ0n) is 19.0. The Morgan fingerprint density at radius 3 is 2.48 bits per heavy atom. The molecule has 4 aromatic rings. The molecule has 1 aliphatic rings. The van der Waals surface area contributed by atoms with E-state index in [0.29, 0.717) is 24.7 Å². The standard InChI is InChI=1S/C25H27FN6O/c1-15-10-16(2)32(29-15)24-12-21(27-14-28-24)11-22-17(3)25(19-6-8-20(26)9-7-19)30-31(22)13-23(33)18-4-5-18/h6-10,12,14,18,23,33H,4-5,11,13H2,1-3H3. The second-order valence-electron chi connectivity index (χ2n) is 8.90. The number of rotatable bonds is 7. The zero-order chi connectivity index (χ0) is 23.1. The maximum absolute atomic E-state index is 13.5. The average molecular weight is 447 g/mol. The molecule has 1 atom stereocenters. The molecular formula is C25H27FN6O. The van der Waals surface area contributed by atoms with E-state index in [0.717, 1.165) is 52.4 Å². The Kier molecular flexibility index (Phi) is 5.54. The van der Waals surface area contributed by atoms with Gasteiger partial charge in [0.15, 0.2) is 5.82 Å². The van der Waals surface area contributed by atoms with Crippen LogP contribution in [-0.4, -0.2) is 40.7 Å². The molecule has 7 nitrogen and oxygen atoms in total.